The van der Waals surface area contributed by atoms with Crippen molar-refractivity contribution in [3.63, 3.8) is 0 Å². The van der Waals surface area contributed by atoms with Crippen molar-refractivity contribution in [3.8, 4) is 5.75 Å². The van der Waals surface area contributed by atoms with Crippen LogP contribution < -0.4 is 10.1 Å². The molecule has 0 aliphatic rings. The number of benzene rings is 2. The molecule has 29 heavy (non-hydrogen) atoms. The number of halogens is 1. The van der Waals surface area contributed by atoms with Gasteiger partial charge >= 0.3 is 0 Å². The maximum absolute atomic E-state index is 12.4. The topological polar surface area (TPSA) is 75.7 Å². The highest BCUT2D eigenvalue weighted by molar-refractivity contribution is 7.91. The molecular formula is C20H19ClN2O4S2. The third kappa shape index (κ3) is 5.80. The van der Waals surface area contributed by atoms with Crippen molar-refractivity contribution in [2.24, 2.45) is 0 Å². The van der Waals surface area contributed by atoms with E-state index in [1.54, 1.807) is 24.3 Å². The van der Waals surface area contributed by atoms with E-state index in [1.165, 1.54) is 19.2 Å². The van der Waals surface area contributed by atoms with Crippen molar-refractivity contribution in [1.29, 1.82) is 0 Å². The van der Waals surface area contributed by atoms with E-state index in [-0.39, 0.29) is 10.8 Å². The number of sulfonamides is 1. The summed E-state index contributed by atoms with van der Waals surface area (Å²) >= 11 is 6.75. The zero-order chi connectivity index (χ0) is 20.9. The molecule has 9 heteroatoms. The van der Waals surface area contributed by atoms with Gasteiger partial charge in [-0.25, -0.2) is 8.42 Å². The van der Waals surface area contributed by atoms with Crippen LogP contribution in [0.2, 0.25) is 4.34 Å². The molecule has 1 aromatic heterocycles. The molecule has 0 radical (unpaired) electrons. The van der Waals surface area contributed by atoms with Gasteiger partial charge in [0.15, 0.2) is 0 Å². The van der Waals surface area contributed by atoms with Gasteiger partial charge in [0, 0.05) is 12.7 Å². The van der Waals surface area contributed by atoms with Gasteiger partial charge in [-0.15, -0.1) is 11.3 Å². The lowest BCUT2D eigenvalue weighted by molar-refractivity contribution is -0.116. The molecule has 0 saturated heterocycles. The van der Waals surface area contributed by atoms with Crippen LogP contribution in [0.1, 0.15) is 5.56 Å². The Morgan fingerprint density at radius 1 is 1.07 bits per heavy atom. The second-order valence-electron chi connectivity index (χ2n) is 6.17. The molecule has 0 atom stereocenters. The number of anilines is 1. The molecule has 2 aromatic carbocycles. The number of ether oxygens (including phenoxy) is 1. The van der Waals surface area contributed by atoms with Gasteiger partial charge < -0.3 is 10.1 Å². The second-order valence-corrected chi connectivity index (χ2v) is 10.2. The van der Waals surface area contributed by atoms with Crippen LogP contribution in [-0.2, 0) is 21.4 Å². The lowest BCUT2D eigenvalue weighted by atomic mass is 10.2. The normalized spacial score (nSPS) is 11.4. The first-order valence-electron chi connectivity index (χ1n) is 8.63. The average molecular weight is 451 g/mol. The molecule has 0 unspecified atom stereocenters. The van der Waals surface area contributed by atoms with Crippen LogP contribution in [0.4, 0.5) is 5.69 Å². The Balaban J connectivity index is 1.53. The number of carbonyl (C=O) groups is 1. The SMILES string of the molecule is CN(CC(=O)Nc1ccc(OCc2ccccc2)cc1)S(=O)(=O)c1ccc(Cl)s1. The summed E-state index contributed by atoms with van der Waals surface area (Å²) in [5.41, 5.74) is 1.60. The quantitative estimate of drug-likeness (QED) is 0.557. The van der Waals surface area contributed by atoms with Crippen molar-refractivity contribution < 1.29 is 17.9 Å². The van der Waals surface area contributed by atoms with E-state index in [4.69, 9.17) is 16.3 Å². The standard InChI is InChI=1S/C20H19ClN2O4S2/c1-23(29(25,26)20-12-11-18(21)28-20)13-19(24)22-16-7-9-17(10-8-16)27-14-15-5-3-2-4-6-15/h2-12H,13-14H2,1H3,(H,22,24). The van der Waals surface area contributed by atoms with Crippen LogP contribution in [0, 0.1) is 0 Å². The molecule has 0 aliphatic heterocycles. The molecule has 0 bridgehead atoms. The third-order valence-electron chi connectivity index (χ3n) is 3.97. The van der Waals surface area contributed by atoms with Crippen LogP contribution in [0.5, 0.6) is 5.75 Å². The smallest absolute Gasteiger partial charge is 0.252 e. The molecule has 3 rings (SSSR count). The highest BCUT2D eigenvalue weighted by atomic mass is 35.5. The summed E-state index contributed by atoms with van der Waals surface area (Å²) in [6.07, 6.45) is 0. The van der Waals surface area contributed by atoms with Gasteiger partial charge in [0.05, 0.1) is 10.9 Å². The zero-order valence-corrected chi connectivity index (χ0v) is 17.9. The van der Waals surface area contributed by atoms with Crippen molar-refractivity contribution in [1.82, 2.24) is 4.31 Å². The highest BCUT2D eigenvalue weighted by Crippen LogP contribution is 2.27. The van der Waals surface area contributed by atoms with E-state index in [9.17, 15) is 13.2 Å². The number of carbonyl (C=O) groups excluding carboxylic acids is 1. The average Bonchev–Trinajstić information content (AvgIpc) is 3.15. The first-order chi connectivity index (χ1) is 13.8. The molecule has 0 aliphatic carbocycles. The van der Waals surface area contributed by atoms with Crippen LogP contribution in [0.15, 0.2) is 70.9 Å². The molecule has 0 saturated carbocycles. The molecule has 6 nitrogen and oxygen atoms in total. The molecule has 1 amide bonds. The summed E-state index contributed by atoms with van der Waals surface area (Å²) in [7, 11) is -2.41. The largest absolute Gasteiger partial charge is 0.489 e. The third-order valence-corrected chi connectivity index (χ3v) is 7.47. The lowest BCUT2D eigenvalue weighted by Crippen LogP contribution is -2.34. The number of nitrogens with one attached hydrogen (secondary N) is 1. The monoisotopic (exact) mass is 450 g/mol. The molecular weight excluding hydrogens is 432 g/mol. The van der Waals surface area contributed by atoms with Crippen molar-refractivity contribution in [2.45, 2.75) is 10.8 Å². The number of hydrogen-bond donors (Lipinski definition) is 1. The number of hydrogen-bond acceptors (Lipinski definition) is 5. The summed E-state index contributed by atoms with van der Waals surface area (Å²) < 4.78 is 32.1. The Bertz CT molecular complexity index is 1070. The van der Waals surface area contributed by atoms with Gasteiger partial charge in [-0.3, -0.25) is 4.79 Å². The summed E-state index contributed by atoms with van der Waals surface area (Å²) in [6, 6.07) is 19.6. The summed E-state index contributed by atoms with van der Waals surface area (Å²) in [4.78, 5) is 12.2. The van der Waals surface area contributed by atoms with Crippen molar-refractivity contribution >= 4 is 44.6 Å². The Labute approximate surface area is 178 Å². The maximum Gasteiger partial charge on any atom is 0.252 e. The van der Waals surface area contributed by atoms with Gasteiger partial charge in [-0.05, 0) is 42.0 Å². The minimum absolute atomic E-state index is 0.0951. The van der Waals surface area contributed by atoms with E-state index in [0.717, 1.165) is 21.2 Å². The fourth-order valence-electron chi connectivity index (χ4n) is 2.45. The van der Waals surface area contributed by atoms with Gasteiger partial charge in [0.2, 0.25) is 5.91 Å². The van der Waals surface area contributed by atoms with Crippen LogP contribution in [0.3, 0.4) is 0 Å². The summed E-state index contributed by atoms with van der Waals surface area (Å²) in [6.45, 7) is 0.131. The minimum Gasteiger partial charge on any atom is -0.489 e. The Morgan fingerprint density at radius 2 is 1.76 bits per heavy atom. The Hall–Kier alpha value is -2.39. The molecule has 0 fully saturated rings. The van der Waals surface area contributed by atoms with Gasteiger partial charge in [0.1, 0.15) is 16.6 Å². The van der Waals surface area contributed by atoms with Crippen molar-refractivity contribution in [3.05, 3.63) is 76.6 Å². The maximum atomic E-state index is 12.4. The fraction of sp³-hybridized carbons (Fsp3) is 0.150. The molecule has 1 N–H and O–H groups in total. The number of rotatable bonds is 8. The molecule has 3 aromatic rings. The number of amides is 1. The fourth-order valence-corrected chi connectivity index (χ4v) is 5.27. The first-order valence-corrected chi connectivity index (χ1v) is 11.3. The first kappa shape index (κ1) is 21.3. The molecule has 0 spiro atoms. The number of nitrogens with zero attached hydrogens (tertiary/aromatic N) is 1. The highest BCUT2D eigenvalue weighted by Gasteiger charge is 2.24. The van der Waals surface area contributed by atoms with Crippen LogP contribution >= 0.6 is 22.9 Å². The number of likely N-dealkylation sites (N-methyl/N-ethyl adjacent to an activating group) is 1. The Morgan fingerprint density at radius 3 is 2.38 bits per heavy atom. The summed E-state index contributed by atoms with van der Waals surface area (Å²) in [5.74, 6) is 0.220. The van der Waals surface area contributed by atoms with Crippen molar-refractivity contribution in [2.75, 3.05) is 18.9 Å². The van der Waals surface area contributed by atoms with Crippen LogP contribution in [0.25, 0.3) is 0 Å². The van der Waals surface area contributed by atoms with E-state index in [1.807, 2.05) is 30.3 Å². The predicted octanol–water partition coefficient (Wildman–Crippen LogP) is 4.24. The van der Waals surface area contributed by atoms with E-state index < -0.39 is 15.9 Å². The van der Waals surface area contributed by atoms with E-state index in [0.29, 0.717) is 22.4 Å². The predicted molar refractivity (Wildman–Crippen MR) is 115 cm³/mol. The molecule has 1 heterocycles. The van der Waals surface area contributed by atoms with E-state index in [2.05, 4.69) is 5.32 Å². The Kier molecular flexibility index (Phi) is 6.92. The van der Waals surface area contributed by atoms with Crippen LogP contribution in [-0.4, -0.2) is 32.2 Å². The zero-order valence-electron chi connectivity index (χ0n) is 15.5. The van der Waals surface area contributed by atoms with E-state index >= 15 is 0 Å². The lowest BCUT2D eigenvalue weighted by Gasteiger charge is -2.15. The van der Waals surface area contributed by atoms with Gasteiger partial charge in [-0.1, -0.05) is 41.9 Å². The molecule has 152 valence electrons. The second kappa shape index (κ2) is 9.41. The minimum atomic E-state index is -3.76. The number of thiophene rings is 1. The van der Waals surface area contributed by atoms with Gasteiger partial charge in [0.25, 0.3) is 10.0 Å². The summed E-state index contributed by atoms with van der Waals surface area (Å²) in [5, 5.41) is 2.68. The van der Waals surface area contributed by atoms with Gasteiger partial charge in [-0.2, -0.15) is 4.31 Å².